The lowest BCUT2D eigenvalue weighted by molar-refractivity contribution is -0.172. The minimum atomic E-state index is -0.359. The molecule has 0 amide bonds. The third-order valence-corrected chi connectivity index (χ3v) is 5.62. The Kier molecular flexibility index (Phi) is 2.33. The summed E-state index contributed by atoms with van der Waals surface area (Å²) >= 11 is 0. The molecule has 0 unspecified atom stereocenters. The van der Waals surface area contributed by atoms with Crippen molar-refractivity contribution in [2.45, 2.75) is 25.9 Å². The van der Waals surface area contributed by atoms with Crippen LogP contribution in [0.2, 0.25) is 0 Å². The Hall–Kier alpha value is -0.610. The van der Waals surface area contributed by atoms with E-state index in [1.54, 1.807) is 0 Å². The molecule has 0 radical (unpaired) electrons. The van der Waals surface area contributed by atoms with Crippen LogP contribution in [0.3, 0.4) is 0 Å². The Labute approximate surface area is 101 Å². The van der Waals surface area contributed by atoms with Crippen molar-refractivity contribution in [2.75, 3.05) is 13.7 Å². The number of methoxy groups -OCH3 is 1. The van der Waals surface area contributed by atoms with Crippen LogP contribution in [-0.4, -0.2) is 36.0 Å². The minimum Gasteiger partial charge on any atom is -0.469 e. The molecule has 2 N–H and O–H groups in total. The molecule has 0 spiro atoms. The highest BCUT2D eigenvalue weighted by Crippen LogP contribution is 2.73. The molecule has 4 aliphatic carbocycles. The number of hydrogen-bond donors (Lipinski definition) is 2. The summed E-state index contributed by atoms with van der Waals surface area (Å²) in [5.74, 6) is 0.262. The fraction of sp³-hybridized carbons (Fsp3) is 0.923. The molecule has 4 aliphatic rings. The Morgan fingerprint density at radius 3 is 2.82 bits per heavy atom. The molecular weight excluding hydrogens is 220 g/mol. The molecule has 0 saturated heterocycles. The van der Waals surface area contributed by atoms with Crippen molar-refractivity contribution < 1.29 is 19.7 Å². The molecule has 0 aromatic heterocycles. The first-order valence-corrected chi connectivity index (χ1v) is 6.41. The number of ether oxygens (including phenoxy) is 1. The number of hydrogen-bond acceptors (Lipinski definition) is 4. The molecule has 4 nitrogen and oxygen atoms in total. The number of aliphatic hydroxyl groups excluding tert-OH is 2. The van der Waals surface area contributed by atoms with Gasteiger partial charge in [-0.2, -0.15) is 0 Å². The normalized spacial score (nSPS) is 55.3. The molecule has 96 valence electrons. The maximum atomic E-state index is 11.9. The van der Waals surface area contributed by atoms with Gasteiger partial charge in [0, 0.05) is 12.5 Å². The predicted octanol–water partition coefficient (Wildman–Crippen LogP) is 0.421. The molecule has 0 aromatic rings. The molecule has 0 aliphatic heterocycles. The van der Waals surface area contributed by atoms with Crippen molar-refractivity contribution in [2.24, 2.45) is 35.0 Å². The molecule has 0 aromatic carbocycles. The second-order valence-electron chi connectivity index (χ2n) is 6.20. The van der Waals surface area contributed by atoms with Gasteiger partial charge in [-0.15, -0.1) is 0 Å². The molecule has 0 heterocycles. The number of rotatable bonds is 2. The Morgan fingerprint density at radius 1 is 1.53 bits per heavy atom. The average molecular weight is 240 g/mol. The minimum absolute atomic E-state index is 0.0275. The lowest BCUT2D eigenvalue weighted by atomic mass is 9.54. The Bertz CT molecular complexity index is 355. The van der Waals surface area contributed by atoms with E-state index in [2.05, 4.69) is 6.92 Å². The second-order valence-corrected chi connectivity index (χ2v) is 6.20. The van der Waals surface area contributed by atoms with E-state index in [-0.39, 0.29) is 47.8 Å². The molecule has 4 fully saturated rings. The van der Waals surface area contributed by atoms with Crippen LogP contribution in [0.1, 0.15) is 19.8 Å². The number of aliphatic hydroxyl groups is 2. The van der Waals surface area contributed by atoms with Gasteiger partial charge in [0.05, 0.1) is 19.1 Å². The SMILES string of the molecule is COC(=O)[C@H]1[C@@H](CO)[C@@H]2[C@@H](O)C[C@H]1[C@@H]1C[C@]21C. The number of fused-ring (bicyclic) bond motifs is 2. The maximum Gasteiger partial charge on any atom is 0.309 e. The summed E-state index contributed by atoms with van der Waals surface area (Å²) < 4.78 is 4.88. The molecule has 4 heteroatoms. The van der Waals surface area contributed by atoms with Crippen LogP contribution < -0.4 is 0 Å². The van der Waals surface area contributed by atoms with E-state index < -0.39 is 0 Å². The summed E-state index contributed by atoms with van der Waals surface area (Å²) in [4.78, 5) is 11.9. The van der Waals surface area contributed by atoms with Gasteiger partial charge < -0.3 is 14.9 Å². The summed E-state index contributed by atoms with van der Waals surface area (Å²) in [5.41, 5.74) is 0.153. The second kappa shape index (κ2) is 3.45. The van der Waals surface area contributed by atoms with Crippen LogP contribution in [0.4, 0.5) is 0 Å². The fourth-order valence-electron chi connectivity index (χ4n) is 4.89. The Balaban J connectivity index is 1.96. The van der Waals surface area contributed by atoms with E-state index in [0.717, 1.165) is 6.42 Å². The zero-order valence-electron chi connectivity index (χ0n) is 10.3. The van der Waals surface area contributed by atoms with Crippen LogP contribution in [0.15, 0.2) is 0 Å². The highest BCUT2D eigenvalue weighted by Gasteiger charge is 2.72. The molecule has 4 rings (SSSR count). The Morgan fingerprint density at radius 2 is 2.24 bits per heavy atom. The van der Waals surface area contributed by atoms with Crippen molar-refractivity contribution in [3.8, 4) is 0 Å². The predicted molar refractivity (Wildman–Crippen MR) is 59.9 cm³/mol. The lowest BCUT2D eigenvalue weighted by Crippen LogP contribution is -2.56. The van der Waals surface area contributed by atoms with Gasteiger partial charge in [0.15, 0.2) is 0 Å². The summed E-state index contributed by atoms with van der Waals surface area (Å²) in [7, 11) is 1.40. The van der Waals surface area contributed by atoms with Gasteiger partial charge in [-0.25, -0.2) is 0 Å². The average Bonchev–Trinajstić information content (AvgIpc) is 3.01. The van der Waals surface area contributed by atoms with Crippen molar-refractivity contribution in [1.82, 2.24) is 0 Å². The molecular formula is C13H20O4. The first kappa shape index (κ1) is 11.5. The number of esters is 1. The summed E-state index contributed by atoms with van der Waals surface area (Å²) in [5, 5.41) is 19.7. The molecule has 2 bridgehead atoms. The quantitative estimate of drug-likeness (QED) is 0.687. The largest absolute Gasteiger partial charge is 0.469 e. The zero-order chi connectivity index (χ0) is 12.4. The van der Waals surface area contributed by atoms with E-state index in [4.69, 9.17) is 4.74 Å². The van der Waals surface area contributed by atoms with Gasteiger partial charge in [0.2, 0.25) is 0 Å². The van der Waals surface area contributed by atoms with Gasteiger partial charge in [0.25, 0.3) is 0 Å². The van der Waals surface area contributed by atoms with Crippen molar-refractivity contribution in [3.05, 3.63) is 0 Å². The van der Waals surface area contributed by atoms with Crippen molar-refractivity contribution >= 4 is 5.97 Å². The van der Waals surface area contributed by atoms with Crippen molar-refractivity contribution in [3.63, 3.8) is 0 Å². The monoisotopic (exact) mass is 240 g/mol. The van der Waals surface area contributed by atoms with E-state index in [9.17, 15) is 15.0 Å². The van der Waals surface area contributed by atoms with E-state index in [1.165, 1.54) is 7.11 Å². The summed E-state index contributed by atoms with van der Waals surface area (Å²) in [6.45, 7) is 2.16. The molecule has 7 atom stereocenters. The third-order valence-electron chi connectivity index (χ3n) is 5.62. The summed E-state index contributed by atoms with van der Waals surface area (Å²) in [6.07, 6.45) is 1.42. The van der Waals surface area contributed by atoms with Gasteiger partial charge >= 0.3 is 5.97 Å². The maximum absolute atomic E-state index is 11.9. The van der Waals surface area contributed by atoms with E-state index >= 15 is 0 Å². The van der Waals surface area contributed by atoms with Crippen LogP contribution >= 0.6 is 0 Å². The summed E-state index contributed by atoms with van der Waals surface area (Å²) in [6, 6.07) is 0. The topological polar surface area (TPSA) is 66.8 Å². The standard InChI is InChI=1S/C13H20O4/c1-13-4-8(13)6-3-9(15)11(13)7(5-14)10(6)12(16)17-2/h6-11,14-15H,3-5H2,1-2H3/t6-,7+,8-,9-,10+,11+,13-/m0/s1. The molecule has 4 saturated carbocycles. The number of carbonyl (C=O) groups is 1. The first-order valence-electron chi connectivity index (χ1n) is 6.41. The first-order chi connectivity index (χ1) is 8.04. The van der Waals surface area contributed by atoms with Crippen LogP contribution in [0.25, 0.3) is 0 Å². The van der Waals surface area contributed by atoms with Gasteiger partial charge in [-0.1, -0.05) is 6.92 Å². The van der Waals surface area contributed by atoms with Crippen LogP contribution in [0.5, 0.6) is 0 Å². The smallest absolute Gasteiger partial charge is 0.309 e. The van der Waals surface area contributed by atoms with Gasteiger partial charge in [-0.05, 0) is 36.0 Å². The lowest BCUT2D eigenvalue weighted by Gasteiger charge is -2.52. The highest BCUT2D eigenvalue weighted by atomic mass is 16.5. The highest BCUT2D eigenvalue weighted by molar-refractivity contribution is 5.74. The van der Waals surface area contributed by atoms with Crippen molar-refractivity contribution in [1.29, 1.82) is 0 Å². The van der Waals surface area contributed by atoms with Gasteiger partial charge in [-0.3, -0.25) is 4.79 Å². The van der Waals surface area contributed by atoms with Crippen LogP contribution in [0, 0.1) is 35.0 Å². The molecule has 17 heavy (non-hydrogen) atoms. The zero-order valence-corrected chi connectivity index (χ0v) is 10.3. The fourth-order valence-corrected chi connectivity index (χ4v) is 4.89. The van der Waals surface area contributed by atoms with E-state index in [1.807, 2.05) is 0 Å². The van der Waals surface area contributed by atoms with Gasteiger partial charge in [0.1, 0.15) is 0 Å². The van der Waals surface area contributed by atoms with E-state index in [0.29, 0.717) is 12.3 Å². The third kappa shape index (κ3) is 1.28. The number of carbonyl (C=O) groups excluding carboxylic acids is 1. The van der Waals surface area contributed by atoms with Crippen LogP contribution in [-0.2, 0) is 9.53 Å².